The normalized spacial score (nSPS) is 29.4. The summed E-state index contributed by atoms with van der Waals surface area (Å²) in [4.78, 5) is 42.6. The number of benzene rings is 1. The van der Waals surface area contributed by atoms with E-state index in [1.54, 1.807) is 29.2 Å². The lowest BCUT2D eigenvalue weighted by Crippen LogP contribution is -2.56. The number of hydrogen-bond donors (Lipinski definition) is 3. The summed E-state index contributed by atoms with van der Waals surface area (Å²) >= 11 is 3.70. The second-order valence-corrected chi connectivity index (χ2v) is 11.6. The number of halogens is 1. The number of hydrogen-bond acceptors (Lipinski definition) is 6. The minimum Gasteiger partial charge on any atom is -0.494 e. The van der Waals surface area contributed by atoms with Crippen molar-refractivity contribution in [1.82, 2.24) is 10.2 Å². The number of aliphatic hydroxyl groups excluding tert-OH is 1. The van der Waals surface area contributed by atoms with E-state index in [0.29, 0.717) is 50.4 Å². The number of amides is 3. The zero-order valence-corrected chi connectivity index (χ0v) is 23.9. The van der Waals surface area contributed by atoms with Crippen LogP contribution in [0.4, 0.5) is 5.69 Å². The molecular formula is C28H40BrN3O6. The average molecular weight is 595 g/mol. The minimum atomic E-state index is -1.05. The van der Waals surface area contributed by atoms with Crippen LogP contribution in [0.1, 0.15) is 58.8 Å². The van der Waals surface area contributed by atoms with Gasteiger partial charge in [0.15, 0.2) is 0 Å². The second-order valence-electron chi connectivity index (χ2n) is 10.4. The van der Waals surface area contributed by atoms with E-state index in [1.165, 1.54) is 0 Å². The Labute approximate surface area is 233 Å². The highest BCUT2D eigenvalue weighted by Crippen LogP contribution is 2.60. The van der Waals surface area contributed by atoms with Crippen LogP contribution in [-0.4, -0.2) is 76.6 Å². The fourth-order valence-corrected chi connectivity index (χ4v) is 7.19. The van der Waals surface area contributed by atoms with Crippen molar-refractivity contribution in [3.63, 3.8) is 0 Å². The molecule has 0 radical (unpaired) electrons. The van der Waals surface area contributed by atoms with Gasteiger partial charge in [-0.1, -0.05) is 35.7 Å². The van der Waals surface area contributed by atoms with Crippen LogP contribution in [-0.2, 0) is 19.1 Å². The monoisotopic (exact) mass is 593 g/mol. The van der Waals surface area contributed by atoms with Crippen LogP contribution in [0.5, 0.6) is 5.75 Å². The molecule has 3 unspecified atom stereocenters. The van der Waals surface area contributed by atoms with Gasteiger partial charge in [-0.05, 0) is 63.3 Å². The number of aliphatic hydroxyl groups is 1. The van der Waals surface area contributed by atoms with Crippen LogP contribution in [0.3, 0.4) is 0 Å². The number of fused-ring (bicyclic) bond motifs is 1. The van der Waals surface area contributed by atoms with Crippen molar-refractivity contribution in [2.45, 2.75) is 81.4 Å². The number of ether oxygens (including phenoxy) is 2. The molecule has 38 heavy (non-hydrogen) atoms. The maximum atomic E-state index is 13.9. The number of anilines is 1. The van der Waals surface area contributed by atoms with Crippen molar-refractivity contribution in [3.8, 4) is 5.75 Å². The standard InChI is InChI=1S/C28H40BrN3O6/c1-3-5-7-14-30-26(35)24-28-17-20(29)23(38-28)21(22(28)27(36)32(24)15-8-6-9-16-33)25(34)31-18-10-12-19(13-11-18)37-4-2/h10-13,20-24,33H,3-9,14-17H2,1-2H3,(H,30,35)(H,31,34)/t20?,21-,22-,23-,24?,28?/m0/s1. The number of likely N-dealkylation sites (tertiary alicyclic amines) is 1. The molecule has 1 aromatic rings. The summed E-state index contributed by atoms with van der Waals surface area (Å²) in [7, 11) is 0. The lowest BCUT2D eigenvalue weighted by atomic mass is 9.70. The Kier molecular flexibility index (Phi) is 9.70. The van der Waals surface area contributed by atoms with E-state index in [1.807, 2.05) is 6.92 Å². The number of carbonyl (C=O) groups excluding carboxylic acids is 3. The van der Waals surface area contributed by atoms with Crippen molar-refractivity contribution in [2.75, 3.05) is 31.6 Å². The summed E-state index contributed by atoms with van der Waals surface area (Å²) in [6.07, 6.45) is 4.96. The zero-order valence-electron chi connectivity index (χ0n) is 22.3. The SMILES string of the molecule is CCCCCNC(=O)C1N(CCCCCO)C(=O)[C@@H]2[C@H](C(=O)Nc3ccc(OCC)cc3)[C@H]3OC12CC3Br. The molecule has 3 saturated heterocycles. The lowest BCUT2D eigenvalue weighted by molar-refractivity contribution is -0.141. The molecule has 3 N–H and O–H groups in total. The van der Waals surface area contributed by atoms with Crippen LogP contribution in [0, 0.1) is 11.8 Å². The van der Waals surface area contributed by atoms with Crippen molar-refractivity contribution < 1.29 is 29.0 Å². The topological polar surface area (TPSA) is 117 Å². The van der Waals surface area contributed by atoms with E-state index in [4.69, 9.17) is 9.47 Å². The second kappa shape index (κ2) is 12.8. The summed E-state index contributed by atoms with van der Waals surface area (Å²) in [5, 5.41) is 15.2. The number of nitrogens with one attached hydrogen (secondary N) is 2. The average Bonchev–Trinajstić information content (AvgIpc) is 3.49. The first kappa shape index (κ1) is 28.8. The summed E-state index contributed by atoms with van der Waals surface area (Å²) in [5.74, 6) is -1.43. The van der Waals surface area contributed by atoms with Gasteiger partial charge >= 0.3 is 0 Å². The molecule has 0 aromatic heterocycles. The molecule has 2 bridgehead atoms. The van der Waals surface area contributed by atoms with Crippen molar-refractivity contribution in [2.24, 2.45) is 11.8 Å². The molecular weight excluding hydrogens is 554 g/mol. The van der Waals surface area contributed by atoms with E-state index < -0.39 is 29.6 Å². The van der Waals surface area contributed by atoms with Crippen LogP contribution in [0.15, 0.2) is 24.3 Å². The molecule has 3 heterocycles. The molecule has 9 nitrogen and oxygen atoms in total. The Hall–Kier alpha value is -2.17. The van der Waals surface area contributed by atoms with Gasteiger partial charge in [0.25, 0.3) is 0 Å². The lowest BCUT2D eigenvalue weighted by Gasteiger charge is -2.34. The van der Waals surface area contributed by atoms with Crippen LogP contribution in [0.25, 0.3) is 0 Å². The zero-order chi connectivity index (χ0) is 27.3. The summed E-state index contributed by atoms with van der Waals surface area (Å²) in [6, 6.07) is 6.34. The van der Waals surface area contributed by atoms with Gasteiger partial charge in [-0.25, -0.2) is 0 Å². The fourth-order valence-electron chi connectivity index (χ4n) is 6.25. The molecule has 3 fully saturated rings. The van der Waals surface area contributed by atoms with Gasteiger partial charge in [0.1, 0.15) is 17.4 Å². The summed E-state index contributed by atoms with van der Waals surface area (Å²) < 4.78 is 12.0. The molecule has 1 aromatic carbocycles. The third-order valence-corrected chi connectivity index (χ3v) is 8.75. The number of alkyl halides is 1. The fraction of sp³-hybridized carbons (Fsp3) is 0.679. The smallest absolute Gasteiger partial charge is 0.245 e. The molecule has 0 aliphatic carbocycles. The minimum absolute atomic E-state index is 0.0890. The van der Waals surface area contributed by atoms with Crippen LogP contribution in [0.2, 0.25) is 0 Å². The number of carbonyl (C=O) groups is 3. The molecule has 1 spiro atoms. The quantitative estimate of drug-likeness (QED) is 0.225. The van der Waals surface area contributed by atoms with Gasteiger partial charge in [0.05, 0.1) is 24.5 Å². The largest absolute Gasteiger partial charge is 0.494 e. The Bertz CT molecular complexity index is 991. The molecule has 6 atom stereocenters. The van der Waals surface area contributed by atoms with Gasteiger partial charge in [-0.15, -0.1) is 0 Å². The molecule has 3 aliphatic rings. The number of nitrogens with zero attached hydrogens (tertiary/aromatic N) is 1. The Morgan fingerprint density at radius 3 is 2.58 bits per heavy atom. The molecule has 210 valence electrons. The highest BCUT2D eigenvalue weighted by Gasteiger charge is 2.76. The van der Waals surface area contributed by atoms with Gasteiger partial charge < -0.3 is 30.1 Å². The first-order valence-corrected chi connectivity index (χ1v) is 14.8. The summed E-state index contributed by atoms with van der Waals surface area (Å²) in [5.41, 5.74) is -0.444. The maximum Gasteiger partial charge on any atom is 0.245 e. The first-order chi connectivity index (χ1) is 18.4. The molecule has 4 rings (SSSR count). The Morgan fingerprint density at radius 2 is 1.89 bits per heavy atom. The van der Waals surface area contributed by atoms with E-state index in [0.717, 1.165) is 25.7 Å². The highest BCUT2D eigenvalue weighted by atomic mass is 79.9. The van der Waals surface area contributed by atoms with Crippen LogP contribution < -0.4 is 15.4 Å². The molecule has 3 amide bonds. The highest BCUT2D eigenvalue weighted by molar-refractivity contribution is 9.09. The van der Waals surface area contributed by atoms with Crippen molar-refractivity contribution >= 4 is 39.3 Å². The van der Waals surface area contributed by atoms with Gasteiger partial charge in [-0.2, -0.15) is 0 Å². The van der Waals surface area contributed by atoms with Crippen molar-refractivity contribution in [3.05, 3.63) is 24.3 Å². The predicted octanol–water partition coefficient (Wildman–Crippen LogP) is 3.24. The molecule has 10 heteroatoms. The number of rotatable bonds is 14. The van der Waals surface area contributed by atoms with E-state index in [2.05, 4.69) is 33.5 Å². The van der Waals surface area contributed by atoms with Gasteiger partial charge in [0, 0.05) is 30.2 Å². The maximum absolute atomic E-state index is 13.9. The Morgan fingerprint density at radius 1 is 1.13 bits per heavy atom. The predicted molar refractivity (Wildman–Crippen MR) is 147 cm³/mol. The number of unbranched alkanes of at least 4 members (excludes halogenated alkanes) is 4. The van der Waals surface area contributed by atoms with Crippen LogP contribution >= 0.6 is 15.9 Å². The third-order valence-electron chi connectivity index (χ3n) is 7.91. The molecule has 3 aliphatic heterocycles. The summed E-state index contributed by atoms with van der Waals surface area (Å²) in [6.45, 7) is 5.58. The van der Waals surface area contributed by atoms with Crippen molar-refractivity contribution in [1.29, 1.82) is 0 Å². The van der Waals surface area contributed by atoms with E-state index in [9.17, 15) is 19.5 Å². The first-order valence-electron chi connectivity index (χ1n) is 13.9. The Balaban J connectivity index is 1.57. The van der Waals surface area contributed by atoms with E-state index >= 15 is 0 Å². The van der Waals surface area contributed by atoms with Gasteiger partial charge in [-0.3, -0.25) is 14.4 Å². The third kappa shape index (κ3) is 5.58. The van der Waals surface area contributed by atoms with E-state index in [-0.39, 0.29) is 29.2 Å². The van der Waals surface area contributed by atoms with Gasteiger partial charge in [0.2, 0.25) is 17.7 Å². The molecule has 0 saturated carbocycles.